The molecule has 0 saturated carbocycles. The number of nitrogens with zero attached hydrogens (tertiary/aromatic N) is 1. The highest BCUT2D eigenvalue weighted by atomic mass is 35.5. The van der Waals surface area contributed by atoms with E-state index >= 15 is 0 Å². The van der Waals surface area contributed by atoms with Crippen LogP contribution in [0.2, 0.25) is 5.02 Å². The second-order valence-electron chi connectivity index (χ2n) is 6.98. The number of benzene rings is 2. The number of likely N-dealkylation sites (tertiary alicyclic amines) is 1. The molecule has 1 aliphatic rings. The van der Waals surface area contributed by atoms with Crippen molar-refractivity contribution in [2.24, 2.45) is 0 Å². The molecule has 29 heavy (non-hydrogen) atoms. The molecular weight excluding hydrogens is 411 g/mol. The number of ether oxygens (including phenoxy) is 1. The largest absolute Gasteiger partial charge is 0.487 e. The third-order valence-corrected chi connectivity index (χ3v) is 5.60. The monoisotopic (exact) mass is 434 g/mol. The molecule has 1 aliphatic heterocycles. The zero-order valence-electron chi connectivity index (χ0n) is 16.2. The molecule has 1 amide bonds. The molecule has 3 aromatic rings. The fraction of sp³-hybridized carbons (Fsp3) is 0.318. The van der Waals surface area contributed by atoms with Crippen molar-refractivity contribution >= 4 is 40.9 Å². The van der Waals surface area contributed by atoms with Crippen molar-refractivity contribution in [2.45, 2.75) is 25.5 Å². The maximum atomic E-state index is 13.2. The fourth-order valence-electron chi connectivity index (χ4n) is 3.64. The summed E-state index contributed by atoms with van der Waals surface area (Å²) in [6, 6.07) is 15.4. The number of furan rings is 1. The number of fused-ring (bicyclic) bond motifs is 1. The summed E-state index contributed by atoms with van der Waals surface area (Å²) in [5, 5.41) is 4.72. The average molecular weight is 435 g/mol. The van der Waals surface area contributed by atoms with Gasteiger partial charge in [0.15, 0.2) is 5.76 Å². The van der Waals surface area contributed by atoms with Crippen LogP contribution in [0.25, 0.3) is 11.0 Å². The molecule has 0 aliphatic carbocycles. The Bertz CT molecular complexity index is 981. The first-order chi connectivity index (χ1) is 13.7. The minimum atomic E-state index is -0.0801. The second kappa shape index (κ2) is 9.53. The third-order valence-electron chi connectivity index (χ3n) is 5.29. The van der Waals surface area contributed by atoms with Gasteiger partial charge in [-0.3, -0.25) is 4.79 Å². The summed E-state index contributed by atoms with van der Waals surface area (Å²) < 4.78 is 11.9. The number of carbonyl (C=O) groups excluding carboxylic acids is 1. The lowest BCUT2D eigenvalue weighted by Crippen LogP contribution is -2.44. The Morgan fingerprint density at radius 3 is 2.59 bits per heavy atom. The molecule has 0 unspecified atom stereocenters. The van der Waals surface area contributed by atoms with Crippen molar-refractivity contribution in [3.8, 4) is 5.75 Å². The number of carbonyl (C=O) groups is 1. The molecule has 1 fully saturated rings. The van der Waals surface area contributed by atoms with E-state index in [1.54, 1.807) is 6.07 Å². The Balaban J connectivity index is 0.00000240. The van der Waals surface area contributed by atoms with E-state index in [0.717, 1.165) is 23.8 Å². The van der Waals surface area contributed by atoms with Crippen LogP contribution in [-0.2, 0) is 6.61 Å². The van der Waals surface area contributed by atoms with E-state index in [0.29, 0.717) is 41.2 Å². The maximum Gasteiger partial charge on any atom is 0.290 e. The van der Waals surface area contributed by atoms with Crippen molar-refractivity contribution in [1.29, 1.82) is 0 Å². The molecule has 0 atom stereocenters. The van der Waals surface area contributed by atoms with Crippen molar-refractivity contribution < 1.29 is 13.9 Å². The maximum absolute atomic E-state index is 13.2. The van der Waals surface area contributed by atoms with Crippen molar-refractivity contribution in [3.05, 3.63) is 64.9 Å². The molecule has 4 rings (SSSR count). The molecule has 0 radical (unpaired) electrons. The van der Waals surface area contributed by atoms with Crippen LogP contribution in [0.3, 0.4) is 0 Å². The standard InChI is InChI=1S/C22H23ClN2O3.ClH/c1-24-15-10-12-25(13-11-15)22(26)21-17(16-6-2-4-8-19(16)28-21)14-27-20-9-5-3-7-18(20)23;/h2-9,15,24H,10-14H2,1H3;1H. The summed E-state index contributed by atoms with van der Waals surface area (Å²) in [5.74, 6) is 0.863. The van der Waals surface area contributed by atoms with Crippen LogP contribution < -0.4 is 10.1 Å². The molecule has 2 heterocycles. The molecular formula is C22H24Cl2N2O3. The molecule has 5 nitrogen and oxygen atoms in total. The Kier molecular flexibility index (Phi) is 7.06. The van der Waals surface area contributed by atoms with E-state index in [1.165, 1.54) is 0 Å². The topological polar surface area (TPSA) is 54.7 Å². The Morgan fingerprint density at radius 2 is 1.86 bits per heavy atom. The molecule has 0 bridgehead atoms. The Hall–Kier alpha value is -2.21. The van der Waals surface area contributed by atoms with Gasteiger partial charge < -0.3 is 19.4 Å². The van der Waals surface area contributed by atoms with Gasteiger partial charge in [-0.15, -0.1) is 12.4 Å². The van der Waals surface area contributed by atoms with E-state index in [1.807, 2.05) is 54.4 Å². The summed E-state index contributed by atoms with van der Waals surface area (Å²) in [6.07, 6.45) is 1.88. The number of hydrogen-bond acceptors (Lipinski definition) is 4. The zero-order chi connectivity index (χ0) is 19.5. The van der Waals surface area contributed by atoms with Gasteiger partial charge in [0.2, 0.25) is 0 Å². The molecule has 154 valence electrons. The lowest BCUT2D eigenvalue weighted by molar-refractivity contribution is 0.0674. The first-order valence-electron chi connectivity index (χ1n) is 9.51. The van der Waals surface area contributed by atoms with E-state index in [2.05, 4.69) is 5.32 Å². The predicted octanol–water partition coefficient (Wildman–Crippen LogP) is 4.91. The van der Waals surface area contributed by atoms with Gasteiger partial charge in [-0.05, 0) is 38.1 Å². The van der Waals surface area contributed by atoms with Crippen LogP contribution in [0.1, 0.15) is 29.0 Å². The highest BCUT2D eigenvalue weighted by Crippen LogP contribution is 2.30. The quantitative estimate of drug-likeness (QED) is 0.619. The number of rotatable bonds is 5. The van der Waals surface area contributed by atoms with Gasteiger partial charge in [-0.2, -0.15) is 0 Å². The summed E-state index contributed by atoms with van der Waals surface area (Å²) >= 11 is 6.20. The van der Waals surface area contributed by atoms with Gasteiger partial charge >= 0.3 is 0 Å². The van der Waals surface area contributed by atoms with Crippen LogP contribution in [-0.4, -0.2) is 37.0 Å². The van der Waals surface area contributed by atoms with Crippen LogP contribution in [0.4, 0.5) is 0 Å². The third kappa shape index (κ3) is 4.53. The van der Waals surface area contributed by atoms with Crippen LogP contribution in [0.15, 0.2) is 52.9 Å². The summed E-state index contributed by atoms with van der Waals surface area (Å²) in [7, 11) is 1.96. The first kappa shape index (κ1) is 21.5. The highest BCUT2D eigenvalue weighted by molar-refractivity contribution is 6.32. The van der Waals surface area contributed by atoms with Crippen molar-refractivity contribution in [2.75, 3.05) is 20.1 Å². The second-order valence-corrected chi connectivity index (χ2v) is 7.39. The molecule has 1 aromatic heterocycles. The number of amides is 1. The first-order valence-corrected chi connectivity index (χ1v) is 9.89. The number of nitrogens with one attached hydrogen (secondary N) is 1. The van der Waals surface area contributed by atoms with Crippen molar-refractivity contribution in [3.63, 3.8) is 0 Å². The van der Waals surface area contributed by atoms with E-state index in [9.17, 15) is 4.79 Å². The van der Waals surface area contributed by atoms with Gasteiger partial charge in [-0.1, -0.05) is 41.9 Å². The minimum Gasteiger partial charge on any atom is -0.487 e. The Morgan fingerprint density at radius 1 is 1.17 bits per heavy atom. The molecule has 7 heteroatoms. The Labute approximate surface area is 181 Å². The number of piperidine rings is 1. The van der Waals surface area contributed by atoms with Gasteiger partial charge in [0.1, 0.15) is 17.9 Å². The van der Waals surface area contributed by atoms with E-state index in [4.69, 9.17) is 20.8 Å². The number of para-hydroxylation sites is 2. The molecule has 0 spiro atoms. The van der Waals surface area contributed by atoms with E-state index in [-0.39, 0.29) is 24.9 Å². The lowest BCUT2D eigenvalue weighted by atomic mass is 10.0. The predicted molar refractivity (Wildman–Crippen MR) is 117 cm³/mol. The zero-order valence-corrected chi connectivity index (χ0v) is 17.8. The van der Waals surface area contributed by atoms with E-state index < -0.39 is 0 Å². The minimum absolute atomic E-state index is 0. The normalized spacial score (nSPS) is 14.6. The van der Waals surface area contributed by atoms with Gasteiger partial charge in [0.25, 0.3) is 5.91 Å². The molecule has 1 N–H and O–H groups in total. The summed E-state index contributed by atoms with van der Waals surface area (Å²) in [5.41, 5.74) is 1.45. The molecule has 1 saturated heterocycles. The van der Waals surface area contributed by atoms with Gasteiger partial charge in [0, 0.05) is 30.1 Å². The molecule has 2 aromatic carbocycles. The average Bonchev–Trinajstić information content (AvgIpc) is 3.11. The number of hydrogen-bond donors (Lipinski definition) is 1. The van der Waals surface area contributed by atoms with Gasteiger partial charge in [-0.25, -0.2) is 0 Å². The highest BCUT2D eigenvalue weighted by Gasteiger charge is 2.28. The lowest BCUT2D eigenvalue weighted by Gasteiger charge is -2.31. The van der Waals surface area contributed by atoms with Crippen LogP contribution in [0, 0.1) is 0 Å². The number of halogens is 2. The van der Waals surface area contributed by atoms with Gasteiger partial charge in [0.05, 0.1) is 5.02 Å². The SMILES string of the molecule is CNC1CCN(C(=O)c2oc3ccccc3c2COc2ccccc2Cl)CC1.Cl. The summed E-state index contributed by atoms with van der Waals surface area (Å²) in [6.45, 7) is 1.65. The fourth-order valence-corrected chi connectivity index (χ4v) is 3.83. The van der Waals surface area contributed by atoms with Crippen LogP contribution in [0.5, 0.6) is 5.75 Å². The smallest absolute Gasteiger partial charge is 0.290 e. The summed E-state index contributed by atoms with van der Waals surface area (Å²) in [4.78, 5) is 15.1. The van der Waals surface area contributed by atoms with Crippen molar-refractivity contribution in [1.82, 2.24) is 10.2 Å². The van der Waals surface area contributed by atoms with Crippen LogP contribution >= 0.6 is 24.0 Å².